The first-order valence-corrected chi connectivity index (χ1v) is 6.19. The van der Waals surface area contributed by atoms with Crippen LogP contribution in [0.5, 0.6) is 0 Å². The summed E-state index contributed by atoms with van der Waals surface area (Å²) in [5.74, 6) is 0.484. The van der Waals surface area contributed by atoms with Gasteiger partial charge in [-0.05, 0) is 39.7 Å². The van der Waals surface area contributed by atoms with Gasteiger partial charge in [0, 0.05) is 18.6 Å². The summed E-state index contributed by atoms with van der Waals surface area (Å²) < 4.78 is 4.97. The lowest BCUT2D eigenvalue weighted by Gasteiger charge is -2.27. The Morgan fingerprint density at radius 3 is 2.81 bits per heavy atom. The first kappa shape index (κ1) is 13.5. The average Bonchev–Trinajstić information content (AvgIpc) is 2.60. The number of ether oxygens (including phenoxy) is 1. The van der Waals surface area contributed by atoms with Crippen molar-refractivity contribution in [1.82, 2.24) is 4.90 Å². The Labute approximate surface area is 98.1 Å². The van der Waals surface area contributed by atoms with Gasteiger partial charge in [-0.25, -0.2) is 0 Å². The molecule has 1 fully saturated rings. The van der Waals surface area contributed by atoms with Crippen LogP contribution in [-0.2, 0) is 9.53 Å². The van der Waals surface area contributed by atoms with E-state index in [-0.39, 0.29) is 12.0 Å². The van der Waals surface area contributed by atoms with Crippen LogP contribution in [0.25, 0.3) is 0 Å². The lowest BCUT2D eigenvalue weighted by atomic mass is 10.1. The molecule has 1 heterocycles. The van der Waals surface area contributed by atoms with Gasteiger partial charge in [0.2, 0.25) is 0 Å². The maximum Gasteiger partial charge on any atom is 0.307 e. The average molecular weight is 228 g/mol. The minimum absolute atomic E-state index is 0.0987. The molecule has 0 saturated carbocycles. The van der Waals surface area contributed by atoms with Gasteiger partial charge in [-0.15, -0.1) is 0 Å². The maximum absolute atomic E-state index is 11.4. The van der Waals surface area contributed by atoms with Gasteiger partial charge in [-0.2, -0.15) is 0 Å². The Kier molecular flexibility index (Phi) is 5.22. The van der Waals surface area contributed by atoms with Crippen molar-refractivity contribution >= 4 is 5.97 Å². The van der Waals surface area contributed by atoms with E-state index in [1.54, 1.807) is 0 Å². The van der Waals surface area contributed by atoms with E-state index in [1.165, 1.54) is 0 Å². The molecule has 4 nitrogen and oxygen atoms in total. The van der Waals surface area contributed by atoms with E-state index in [1.807, 2.05) is 6.92 Å². The second-order valence-electron chi connectivity index (χ2n) is 4.74. The molecule has 0 amide bonds. The molecule has 94 valence electrons. The largest absolute Gasteiger partial charge is 0.466 e. The summed E-state index contributed by atoms with van der Waals surface area (Å²) in [6.07, 6.45) is 1.62. The Morgan fingerprint density at radius 1 is 1.62 bits per heavy atom. The van der Waals surface area contributed by atoms with Crippen LogP contribution in [0.4, 0.5) is 0 Å². The summed E-state index contributed by atoms with van der Waals surface area (Å²) in [4.78, 5) is 13.8. The molecule has 0 aromatic rings. The Hall–Kier alpha value is -0.610. The van der Waals surface area contributed by atoms with Crippen LogP contribution in [0.2, 0.25) is 0 Å². The van der Waals surface area contributed by atoms with E-state index in [0.29, 0.717) is 25.0 Å². The molecule has 4 heteroatoms. The van der Waals surface area contributed by atoms with Gasteiger partial charge in [0.1, 0.15) is 0 Å². The molecule has 1 aliphatic rings. The van der Waals surface area contributed by atoms with E-state index in [9.17, 15) is 4.79 Å². The molecule has 1 rings (SSSR count). The van der Waals surface area contributed by atoms with E-state index in [0.717, 1.165) is 19.5 Å². The summed E-state index contributed by atoms with van der Waals surface area (Å²) in [6, 6.07) is 0.781. The van der Waals surface area contributed by atoms with E-state index in [2.05, 4.69) is 18.7 Å². The van der Waals surface area contributed by atoms with Gasteiger partial charge in [-0.3, -0.25) is 9.69 Å². The standard InChI is InChI=1S/C12H24N2O2/c1-4-16-12(15)6-10(3)14-8-11(7-13)5-9(14)2/h9-11H,4-8,13H2,1-3H3. The minimum Gasteiger partial charge on any atom is -0.466 e. The maximum atomic E-state index is 11.4. The smallest absolute Gasteiger partial charge is 0.307 e. The number of hydrogen-bond acceptors (Lipinski definition) is 4. The molecule has 0 aromatic heterocycles. The highest BCUT2D eigenvalue weighted by molar-refractivity contribution is 5.70. The third-order valence-corrected chi connectivity index (χ3v) is 3.38. The number of carbonyl (C=O) groups excluding carboxylic acids is 1. The predicted octanol–water partition coefficient (Wildman–Crippen LogP) is 0.997. The molecule has 0 radical (unpaired) electrons. The van der Waals surface area contributed by atoms with Gasteiger partial charge in [0.15, 0.2) is 0 Å². The van der Waals surface area contributed by atoms with E-state index < -0.39 is 0 Å². The SMILES string of the molecule is CCOC(=O)CC(C)N1CC(CN)CC1C. The molecule has 3 unspecified atom stereocenters. The number of esters is 1. The summed E-state index contributed by atoms with van der Waals surface area (Å²) in [5, 5.41) is 0. The normalized spacial score (nSPS) is 28.0. The van der Waals surface area contributed by atoms with Crippen molar-refractivity contribution in [2.24, 2.45) is 11.7 Å². The van der Waals surface area contributed by atoms with Crippen molar-refractivity contribution in [2.45, 2.75) is 45.7 Å². The summed E-state index contributed by atoms with van der Waals surface area (Å²) >= 11 is 0. The number of nitrogens with two attached hydrogens (primary N) is 1. The Morgan fingerprint density at radius 2 is 2.31 bits per heavy atom. The lowest BCUT2D eigenvalue weighted by molar-refractivity contribution is -0.144. The Balaban J connectivity index is 2.41. The molecule has 0 aromatic carbocycles. The highest BCUT2D eigenvalue weighted by atomic mass is 16.5. The molecule has 16 heavy (non-hydrogen) atoms. The number of likely N-dealkylation sites (tertiary alicyclic amines) is 1. The van der Waals surface area contributed by atoms with Crippen molar-refractivity contribution < 1.29 is 9.53 Å². The van der Waals surface area contributed by atoms with Crippen molar-refractivity contribution in [2.75, 3.05) is 19.7 Å². The first-order valence-electron chi connectivity index (χ1n) is 6.19. The fraction of sp³-hybridized carbons (Fsp3) is 0.917. The fourth-order valence-electron chi connectivity index (χ4n) is 2.53. The van der Waals surface area contributed by atoms with Crippen molar-refractivity contribution in [3.63, 3.8) is 0 Å². The molecule has 2 N–H and O–H groups in total. The zero-order valence-electron chi connectivity index (χ0n) is 10.6. The van der Waals surface area contributed by atoms with E-state index >= 15 is 0 Å². The highest BCUT2D eigenvalue weighted by Gasteiger charge is 2.32. The van der Waals surface area contributed by atoms with Gasteiger partial charge >= 0.3 is 5.97 Å². The van der Waals surface area contributed by atoms with Crippen LogP contribution in [0.3, 0.4) is 0 Å². The summed E-state index contributed by atoms with van der Waals surface area (Å²) in [5.41, 5.74) is 5.69. The molecule has 0 bridgehead atoms. The van der Waals surface area contributed by atoms with Crippen LogP contribution in [0, 0.1) is 5.92 Å². The van der Waals surface area contributed by atoms with Crippen molar-refractivity contribution in [3.05, 3.63) is 0 Å². The zero-order chi connectivity index (χ0) is 12.1. The third-order valence-electron chi connectivity index (χ3n) is 3.38. The second kappa shape index (κ2) is 6.21. The van der Waals surface area contributed by atoms with Gasteiger partial charge in [-0.1, -0.05) is 0 Å². The summed E-state index contributed by atoms with van der Waals surface area (Å²) in [6.45, 7) is 8.35. The lowest BCUT2D eigenvalue weighted by Crippen LogP contribution is -2.38. The topological polar surface area (TPSA) is 55.6 Å². The fourth-order valence-corrected chi connectivity index (χ4v) is 2.53. The zero-order valence-corrected chi connectivity index (χ0v) is 10.6. The highest BCUT2D eigenvalue weighted by Crippen LogP contribution is 2.25. The minimum atomic E-state index is -0.0987. The summed E-state index contributed by atoms with van der Waals surface area (Å²) in [7, 11) is 0. The number of rotatable bonds is 5. The van der Waals surface area contributed by atoms with Crippen LogP contribution in [-0.4, -0.2) is 42.6 Å². The molecule has 0 spiro atoms. The monoisotopic (exact) mass is 228 g/mol. The first-order chi connectivity index (χ1) is 7.58. The van der Waals surface area contributed by atoms with Gasteiger partial charge in [0.25, 0.3) is 0 Å². The molecular weight excluding hydrogens is 204 g/mol. The molecule has 0 aliphatic carbocycles. The van der Waals surface area contributed by atoms with Crippen molar-refractivity contribution in [1.29, 1.82) is 0 Å². The van der Waals surface area contributed by atoms with E-state index in [4.69, 9.17) is 10.5 Å². The number of nitrogens with zero attached hydrogens (tertiary/aromatic N) is 1. The molecule has 1 saturated heterocycles. The third kappa shape index (κ3) is 3.46. The predicted molar refractivity (Wildman–Crippen MR) is 64.0 cm³/mol. The molecule has 1 aliphatic heterocycles. The quantitative estimate of drug-likeness (QED) is 0.713. The Bertz CT molecular complexity index is 233. The number of hydrogen-bond donors (Lipinski definition) is 1. The molecular formula is C12H24N2O2. The van der Waals surface area contributed by atoms with Crippen LogP contribution < -0.4 is 5.73 Å². The second-order valence-corrected chi connectivity index (χ2v) is 4.74. The van der Waals surface area contributed by atoms with Crippen LogP contribution in [0.1, 0.15) is 33.6 Å². The van der Waals surface area contributed by atoms with Crippen LogP contribution >= 0.6 is 0 Å². The number of carbonyl (C=O) groups is 1. The van der Waals surface area contributed by atoms with Crippen LogP contribution in [0.15, 0.2) is 0 Å². The van der Waals surface area contributed by atoms with Crippen molar-refractivity contribution in [3.8, 4) is 0 Å². The van der Waals surface area contributed by atoms with Gasteiger partial charge < -0.3 is 10.5 Å². The van der Waals surface area contributed by atoms with Gasteiger partial charge in [0.05, 0.1) is 13.0 Å². The molecule has 3 atom stereocenters.